The lowest BCUT2D eigenvalue weighted by Gasteiger charge is -2.34. The Bertz CT molecular complexity index is 664. The van der Waals surface area contributed by atoms with Gasteiger partial charge in [-0.2, -0.15) is 0 Å². The van der Waals surface area contributed by atoms with Gasteiger partial charge in [-0.3, -0.25) is 0 Å². The number of nitrogens with two attached hydrogens (primary N) is 1. The average molecular weight is 281 g/mol. The Hall–Kier alpha value is -2.49. The Labute approximate surface area is 124 Å². The molecule has 0 bridgehead atoms. The highest BCUT2D eigenvalue weighted by molar-refractivity contribution is 6.03. The van der Waals surface area contributed by atoms with E-state index in [0.717, 1.165) is 17.0 Å². The number of aliphatic imine (C=N–C) groups is 1. The number of ether oxygens (including phenoxy) is 1. The minimum absolute atomic E-state index is 0.217. The van der Waals surface area contributed by atoms with Crippen molar-refractivity contribution in [3.8, 4) is 5.75 Å². The van der Waals surface area contributed by atoms with E-state index in [9.17, 15) is 0 Å². The number of hydrogen-bond acceptors (Lipinski definition) is 4. The fourth-order valence-electron chi connectivity index (χ4n) is 2.65. The number of anilines is 1. The van der Waals surface area contributed by atoms with Gasteiger partial charge in [0, 0.05) is 11.3 Å². The molecule has 21 heavy (non-hydrogen) atoms. The van der Waals surface area contributed by atoms with Crippen LogP contribution in [0, 0.1) is 0 Å². The first-order valence-corrected chi connectivity index (χ1v) is 7.00. The normalized spacial score (nSPS) is 15.1. The van der Waals surface area contributed by atoms with Crippen LogP contribution in [0.2, 0.25) is 0 Å². The highest BCUT2D eigenvalue weighted by Gasteiger charge is 2.23. The Balaban J connectivity index is 1.93. The second-order valence-corrected chi connectivity index (χ2v) is 5.12. The number of benzene rings is 2. The largest absolute Gasteiger partial charge is 0.497 e. The van der Waals surface area contributed by atoms with Crippen molar-refractivity contribution in [1.29, 1.82) is 0 Å². The van der Waals surface area contributed by atoms with Crippen molar-refractivity contribution >= 4 is 11.5 Å². The van der Waals surface area contributed by atoms with Crippen molar-refractivity contribution in [2.75, 3.05) is 18.7 Å². The Morgan fingerprint density at radius 3 is 2.57 bits per heavy atom. The van der Waals surface area contributed by atoms with Crippen LogP contribution in [0.4, 0.5) is 5.69 Å². The van der Waals surface area contributed by atoms with Crippen molar-refractivity contribution < 1.29 is 4.74 Å². The van der Waals surface area contributed by atoms with E-state index in [-0.39, 0.29) is 6.04 Å². The van der Waals surface area contributed by atoms with Gasteiger partial charge in [0.15, 0.2) is 0 Å². The van der Waals surface area contributed by atoms with Crippen molar-refractivity contribution in [2.45, 2.75) is 13.0 Å². The van der Waals surface area contributed by atoms with Crippen LogP contribution in [0.15, 0.2) is 53.5 Å². The third-order valence-corrected chi connectivity index (χ3v) is 3.95. The van der Waals surface area contributed by atoms with Crippen LogP contribution in [0.5, 0.6) is 5.75 Å². The maximum absolute atomic E-state index is 5.99. The van der Waals surface area contributed by atoms with Gasteiger partial charge >= 0.3 is 0 Å². The molecule has 1 heterocycles. The number of fused-ring (bicyclic) bond motifs is 1. The minimum atomic E-state index is 0.217. The molecular weight excluding hydrogens is 262 g/mol. The number of rotatable bonds is 3. The van der Waals surface area contributed by atoms with Gasteiger partial charge in [0.1, 0.15) is 18.3 Å². The van der Waals surface area contributed by atoms with E-state index >= 15 is 0 Å². The van der Waals surface area contributed by atoms with Gasteiger partial charge in [-0.1, -0.05) is 24.3 Å². The number of nitrogens with zero attached hydrogens (tertiary/aromatic N) is 2. The van der Waals surface area contributed by atoms with E-state index in [0.29, 0.717) is 12.5 Å². The molecule has 2 aromatic rings. The first-order valence-electron chi connectivity index (χ1n) is 7.00. The zero-order chi connectivity index (χ0) is 14.8. The monoisotopic (exact) mass is 281 g/mol. The Kier molecular flexibility index (Phi) is 3.52. The predicted octanol–water partition coefficient (Wildman–Crippen LogP) is 2.94. The Morgan fingerprint density at radius 1 is 1.14 bits per heavy atom. The molecule has 4 nitrogen and oxygen atoms in total. The zero-order valence-electron chi connectivity index (χ0n) is 12.3. The van der Waals surface area contributed by atoms with Gasteiger partial charge in [-0.25, -0.2) is 4.99 Å². The summed E-state index contributed by atoms with van der Waals surface area (Å²) in [6.45, 7) is 2.76. The summed E-state index contributed by atoms with van der Waals surface area (Å²) in [5.74, 6) is 1.48. The molecule has 2 aromatic carbocycles. The van der Waals surface area contributed by atoms with Gasteiger partial charge in [-0.15, -0.1) is 0 Å². The van der Waals surface area contributed by atoms with E-state index in [1.807, 2.05) is 30.3 Å². The lowest BCUT2D eigenvalue weighted by molar-refractivity contribution is 0.414. The van der Waals surface area contributed by atoms with E-state index in [2.05, 4.69) is 35.0 Å². The molecule has 2 N–H and O–H groups in total. The summed E-state index contributed by atoms with van der Waals surface area (Å²) in [5.41, 5.74) is 9.35. The van der Waals surface area contributed by atoms with Crippen LogP contribution in [0.1, 0.15) is 24.1 Å². The molecule has 0 saturated heterocycles. The lowest BCUT2D eigenvalue weighted by atomic mass is 10.0. The third-order valence-electron chi connectivity index (χ3n) is 3.95. The highest BCUT2D eigenvalue weighted by atomic mass is 16.5. The molecule has 1 aliphatic heterocycles. The Morgan fingerprint density at radius 2 is 1.86 bits per heavy atom. The zero-order valence-corrected chi connectivity index (χ0v) is 12.3. The highest BCUT2D eigenvalue weighted by Crippen LogP contribution is 2.32. The molecule has 3 rings (SSSR count). The maximum atomic E-state index is 5.99. The van der Waals surface area contributed by atoms with Gasteiger partial charge in [0.2, 0.25) is 0 Å². The summed E-state index contributed by atoms with van der Waals surface area (Å²) in [7, 11) is 1.68. The van der Waals surface area contributed by atoms with Crippen molar-refractivity contribution in [3.05, 3.63) is 59.7 Å². The fraction of sp³-hybridized carbons (Fsp3) is 0.235. The summed E-state index contributed by atoms with van der Waals surface area (Å²) >= 11 is 0. The molecule has 108 valence electrons. The summed E-state index contributed by atoms with van der Waals surface area (Å²) in [4.78, 5) is 6.69. The number of para-hydroxylation sites is 1. The summed E-state index contributed by atoms with van der Waals surface area (Å²) in [6.07, 6.45) is 0. The summed E-state index contributed by atoms with van der Waals surface area (Å²) in [5, 5.41) is 0. The van der Waals surface area contributed by atoms with E-state index < -0.39 is 0 Å². The molecule has 0 fully saturated rings. The van der Waals surface area contributed by atoms with Crippen LogP contribution in [0.25, 0.3) is 0 Å². The van der Waals surface area contributed by atoms with Gasteiger partial charge in [0.25, 0.3) is 0 Å². The van der Waals surface area contributed by atoms with Gasteiger partial charge in [0.05, 0.1) is 13.2 Å². The van der Waals surface area contributed by atoms with Crippen LogP contribution >= 0.6 is 0 Å². The molecule has 0 aromatic heterocycles. The standard InChI is InChI=1S/C17H19N3O/c1-12(13-7-9-14(21-2)10-8-13)20-11-19-17(18)15-5-3-4-6-16(15)20/h3-10,12H,11H2,1-2H3,(H2,18,19). The number of amidine groups is 1. The molecule has 0 radical (unpaired) electrons. The van der Waals surface area contributed by atoms with Crippen LogP contribution < -0.4 is 15.4 Å². The molecule has 1 aliphatic rings. The molecule has 1 unspecified atom stereocenters. The number of methoxy groups -OCH3 is 1. The molecule has 1 atom stereocenters. The fourth-order valence-corrected chi connectivity index (χ4v) is 2.65. The van der Waals surface area contributed by atoms with E-state index in [1.165, 1.54) is 5.56 Å². The number of hydrogen-bond donors (Lipinski definition) is 1. The molecule has 4 heteroatoms. The summed E-state index contributed by atoms with van der Waals surface area (Å²) < 4.78 is 5.21. The SMILES string of the molecule is COc1ccc(C(C)N2CN=C(N)c3ccccc32)cc1. The predicted molar refractivity (Wildman–Crippen MR) is 85.9 cm³/mol. The third kappa shape index (κ3) is 2.44. The smallest absolute Gasteiger partial charge is 0.129 e. The quantitative estimate of drug-likeness (QED) is 0.941. The summed E-state index contributed by atoms with van der Waals surface area (Å²) in [6, 6.07) is 16.5. The van der Waals surface area contributed by atoms with Crippen molar-refractivity contribution in [1.82, 2.24) is 0 Å². The molecule has 0 spiro atoms. The molecule has 0 amide bonds. The maximum Gasteiger partial charge on any atom is 0.129 e. The van der Waals surface area contributed by atoms with Crippen LogP contribution in [-0.2, 0) is 0 Å². The van der Waals surface area contributed by atoms with Crippen molar-refractivity contribution in [3.63, 3.8) is 0 Å². The topological polar surface area (TPSA) is 50.8 Å². The first kappa shape index (κ1) is 13.5. The molecule has 0 aliphatic carbocycles. The second-order valence-electron chi connectivity index (χ2n) is 5.12. The van der Waals surface area contributed by atoms with Crippen LogP contribution in [0.3, 0.4) is 0 Å². The second kappa shape index (κ2) is 5.48. The average Bonchev–Trinajstić information content (AvgIpc) is 2.55. The molecular formula is C17H19N3O. The van der Waals surface area contributed by atoms with E-state index in [1.54, 1.807) is 7.11 Å². The minimum Gasteiger partial charge on any atom is -0.497 e. The lowest BCUT2D eigenvalue weighted by Crippen LogP contribution is -2.34. The molecule has 0 saturated carbocycles. The van der Waals surface area contributed by atoms with E-state index in [4.69, 9.17) is 10.5 Å². The van der Waals surface area contributed by atoms with Crippen molar-refractivity contribution in [2.24, 2.45) is 10.7 Å². The van der Waals surface area contributed by atoms with Gasteiger partial charge in [-0.05, 0) is 36.8 Å². The van der Waals surface area contributed by atoms with Crippen LogP contribution in [-0.4, -0.2) is 19.6 Å². The first-order chi connectivity index (χ1) is 10.2. The van der Waals surface area contributed by atoms with Gasteiger partial charge < -0.3 is 15.4 Å².